The van der Waals surface area contributed by atoms with Crippen LogP contribution in [0.25, 0.3) is 0 Å². The van der Waals surface area contributed by atoms with Gasteiger partial charge >= 0.3 is 11.7 Å². The molecule has 8 nitrogen and oxygen atoms in total. The quantitative estimate of drug-likeness (QED) is 0.0381. The molecule has 2 atom stereocenters. The van der Waals surface area contributed by atoms with Crippen LogP contribution in [0.3, 0.4) is 0 Å². The van der Waals surface area contributed by atoms with Crippen LogP contribution in [0.4, 0.5) is 5.82 Å². The van der Waals surface area contributed by atoms with Crippen LogP contribution in [0.2, 0.25) is 0 Å². The molecule has 0 aromatic carbocycles. The van der Waals surface area contributed by atoms with Crippen molar-refractivity contribution in [2.24, 2.45) is 0 Å². The lowest BCUT2D eigenvalue weighted by molar-refractivity contribution is -0.148. The topological polar surface area (TPSA) is 99.5 Å². The number of aromatic nitrogens is 2. The molecule has 0 radical (unpaired) electrons. The molecule has 0 spiro atoms. The van der Waals surface area contributed by atoms with Gasteiger partial charge in [-0.15, -0.1) is 0 Å². The summed E-state index contributed by atoms with van der Waals surface area (Å²) in [6.45, 7) is 4.47. The molecule has 2 heterocycles. The van der Waals surface area contributed by atoms with E-state index in [4.69, 9.17) is 9.47 Å². The summed E-state index contributed by atoms with van der Waals surface area (Å²) < 4.78 is 12.9. The van der Waals surface area contributed by atoms with Crippen molar-refractivity contribution in [3.63, 3.8) is 0 Å². The molecule has 1 N–H and O–H groups in total. The van der Waals surface area contributed by atoms with E-state index in [-0.39, 0.29) is 30.4 Å². The molecule has 1 unspecified atom stereocenters. The van der Waals surface area contributed by atoms with Gasteiger partial charge in [-0.1, -0.05) is 125 Å². The SMILES string of the molecule is CCC=CCC=CCC=CC=CCCCCCC(=O)Nc1ccn(C2CC[C@@H](COC(=O)CCCCCCCC=CCC=CCC=CCC)O2)c(=O)n1. The van der Waals surface area contributed by atoms with Gasteiger partial charge in [0.2, 0.25) is 5.91 Å². The highest BCUT2D eigenvalue weighted by atomic mass is 16.6. The molecule has 53 heavy (non-hydrogen) atoms. The maximum atomic E-state index is 12.7. The Kier molecular flexibility index (Phi) is 26.8. The highest BCUT2D eigenvalue weighted by Crippen LogP contribution is 2.27. The standard InChI is InChI=1S/C45H67N3O5/c1-3-5-7-9-11-13-15-17-19-21-23-25-27-29-31-33-42(49)46-41-37-38-48(45(51)47-41)43-36-35-40(53-43)39-52-44(50)34-32-30-28-26-24-22-20-18-16-14-12-10-8-6-4-2/h5-8,11-14,17-21,23,37-38,40,43H,3-4,9-10,15-16,22,24-36,39H2,1-2H3,(H,46,47,49,51)/t40-,43?/m0/s1. The zero-order chi connectivity index (χ0) is 38.0. The van der Waals surface area contributed by atoms with E-state index in [0.29, 0.717) is 25.7 Å². The molecule has 1 fully saturated rings. The van der Waals surface area contributed by atoms with Crippen LogP contribution in [0, 0.1) is 0 Å². The van der Waals surface area contributed by atoms with E-state index in [1.54, 1.807) is 12.3 Å². The number of nitrogens with zero attached hydrogens (tertiary/aromatic N) is 2. The Morgan fingerprint density at radius 1 is 0.736 bits per heavy atom. The van der Waals surface area contributed by atoms with Crippen molar-refractivity contribution in [3.05, 3.63) is 108 Å². The number of hydrogen-bond acceptors (Lipinski definition) is 6. The third kappa shape index (κ3) is 24.0. The molecule has 0 saturated carbocycles. The number of carbonyl (C=O) groups excluding carboxylic acids is 2. The number of hydrogen-bond donors (Lipinski definition) is 1. The number of esters is 1. The third-order valence-corrected chi connectivity index (χ3v) is 8.73. The van der Waals surface area contributed by atoms with E-state index < -0.39 is 11.9 Å². The van der Waals surface area contributed by atoms with Crippen LogP contribution in [-0.2, 0) is 19.1 Å². The second-order valence-corrected chi connectivity index (χ2v) is 13.4. The van der Waals surface area contributed by atoms with Crippen molar-refractivity contribution in [3.8, 4) is 0 Å². The number of carbonyl (C=O) groups is 2. The van der Waals surface area contributed by atoms with Crippen molar-refractivity contribution in [2.75, 3.05) is 11.9 Å². The fourth-order valence-electron chi connectivity index (χ4n) is 5.74. The molecule has 2 rings (SSSR count). The summed E-state index contributed by atoms with van der Waals surface area (Å²) in [4.78, 5) is 41.4. The molecule has 1 amide bonds. The number of allylic oxidation sites excluding steroid dienone is 14. The summed E-state index contributed by atoms with van der Waals surface area (Å²) in [5.74, 6) is -0.107. The van der Waals surface area contributed by atoms with Crippen molar-refractivity contribution in [1.82, 2.24) is 9.55 Å². The molecule has 1 aromatic rings. The number of amides is 1. The minimum Gasteiger partial charge on any atom is -0.463 e. The first-order chi connectivity index (χ1) is 26.0. The Morgan fingerprint density at radius 2 is 1.30 bits per heavy atom. The lowest BCUT2D eigenvalue weighted by Gasteiger charge is -2.16. The van der Waals surface area contributed by atoms with Crippen molar-refractivity contribution in [1.29, 1.82) is 0 Å². The van der Waals surface area contributed by atoms with Crippen LogP contribution in [-0.4, -0.2) is 34.1 Å². The Balaban J connectivity index is 1.51. The molecule has 1 aliphatic heterocycles. The molecule has 0 aliphatic carbocycles. The first kappa shape index (κ1) is 45.1. The van der Waals surface area contributed by atoms with Gasteiger partial charge in [0.1, 0.15) is 18.7 Å². The number of anilines is 1. The van der Waals surface area contributed by atoms with Crippen molar-refractivity contribution < 1.29 is 19.1 Å². The third-order valence-electron chi connectivity index (χ3n) is 8.73. The van der Waals surface area contributed by atoms with Gasteiger partial charge in [0.15, 0.2) is 0 Å². The van der Waals surface area contributed by atoms with Gasteiger partial charge in [0, 0.05) is 19.0 Å². The van der Waals surface area contributed by atoms with Gasteiger partial charge in [0.05, 0.1) is 6.10 Å². The second kappa shape index (κ2) is 31.5. The number of rotatable bonds is 29. The Labute approximate surface area is 319 Å². The summed E-state index contributed by atoms with van der Waals surface area (Å²) in [5.41, 5.74) is -0.481. The van der Waals surface area contributed by atoms with E-state index >= 15 is 0 Å². The molecule has 1 aromatic heterocycles. The van der Waals surface area contributed by atoms with E-state index in [1.165, 1.54) is 17.4 Å². The van der Waals surface area contributed by atoms with Crippen LogP contribution in [0.15, 0.2) is 102 Å². The number of unbranched alkanes of at least 4 members (excludes halogenated alkanes) is 8. The lowest BCUT2D eigenvalue weighted by Crippen LogP contribution is -2.29. The zero-order valence-electron chi connectivity index (χ0n) is 32.7. The van der Waals surface area contributed by atoms with Crippen molar-refractivity contribution >= 4 is 17.7 Å². The number of nitrogens with one attached hydrogen (secondary N) is 1. The minimum atomic E-state index is -0.481. The highest BCUT2D eigenvalue weighted by Gasteiger charge is 2.28. The molecule has 0 bridgehead atoms. The molecular formula is C45H67N3O5. The maximum Gasteiger partial charge on any atom is 0.351 e. The van der Waals surface area contributed by atoms with Crippen LogP contribution < -0.4 is 11.0 Å². The zero-order valence-corrected chi connectivity index (χ0v) is 32.7. The molecule has 1 aliphatic rings. The fraction of sp³-hybridized carbons (Fsp3) is 0.556. The predicted molar refractivity (Wildman–Crippen MR) is 220 cm³/mol. The Morgan fingerprint density at radius 3 is 2.00 bits per heavy atom. The van der Waals surface area contributed by atoms with E-state index in [9.17, 15) is 14.4 Å². The first-order valence-corrected chi connectivity index (χ1v) is 20.3. The summed E-state index contributed by atoms with van der Waals surface area (Å²) >= 11 is 0. The summed E-state index contributed by atoms with van der Waals surface area (Å²) in [6.07, 6.45) is 49.7. The summed E-state index contributed by atoms with van der Waals surface area (Å²) in [6, 6.07) is 1.62. The molecule has 292 valence electrons. The monoisotopic (exact) mass is 730 g/mol. The highest BCUT2D eigenvalue weighted by molar-refractivity contribution is 5.89. The lowest BCUT2D eigenvalue weighted by atomic mass is 10.1. The molecule has 8 heteroatoms. The summed E-state index contributed by atoms with van der Waals surface area (Å²) in [7, 11) is 0. The second-order valence-electron chi connectivity index (χ2n) is 13.4. The van der Waals surface area contributed by atoms with Gasteiger partial charge in [0.25, 0.3) is 0 Å². The van der Waals surface area contributed by atoms with Gasteiger partial charge in [-0.2, -0.15) is 4.98 Å². The largest absolute Gasteiger partial charge is 0.463 e. The maximum absolute atomic E-state index is 12.7. The van der Waals surface area contributed by atoms with E-state index in [1.807, 2.05) is 0 Å². The van der Waals surface area contributed by atoms with Gasteiger partial charge < -0.3 is 14.8 Å². The van der Waals surface area contributed by atoms with Crippen LogP contribution in [0.5, 0.6) is 0 Å². The first-order valence-electron chi connectivity index (χ1n) is 20.3. The Hall–Kier alpha value is -4.04. The fourth-order valence-corrected chi connectivity index (χ4v) is 5.74. The van der Waals surface area contributed by atoms with Gasteiger partial charge in [-0.05, 0) is 96.0 Å². The average molecular weight is 730 g/mol. The summed E-state index contributed by atoms with van der Waals surface area (Å²) in [5, 5.41) is 2.74. The van der Waals surface area contributed by atoms with Crippen molar-refractivity contribution in [2.45, 2.75) is 155 Å². The smallest absolute Gasteiger partial charge is 0.351 e. The number of ether oxygens (including phenoxy) is 2. The van der Waals surface area contributed by atoms with E-state index in [2.05, 4.69) is 109 Å². The normalized spacial score (nSPS) is 16.6. The van der Waals surface area contributed by atoms with Crippen LogP contribution >= 0.6 is 0 Å². The molecule has 1 saturated heterocycles. The predicted octanol–water partition coefficient (Wildman–Crippen LogP) is 11.4. The van der Waals surface area contributed by atoms with Crippen LogP contribution in [0.1, 0.15) is 148 Å². The molecular weight excluding hydrogens is 663 g/mol. The minimum absolute atomic E-state index is 0.149. The van der Waals surface area contributed by atoms with Gasteiger partial charge in [-0.3, -0.25) is 14.2 Å². The van der Waals surface area contributed by atoms with Gasteiger partial charge in [-0.25, -0.2) is 4.79 Å². The average Bonchev–Trinajstić information content (AvgIpc) is 3.62. The van der Waals surface area contributed by atoms with E-state index in [0.717, 1.165) is 89.9 Å². The Bertz CT molecular complexity index is 1400.